The summed E-state index contributed by atoms with van der Waals surface area (Å²) in [5.41, 5.74) is 5.50. The van der Waals surface area contributed by atoms with Gasteiger partial charge in [-0.15, -0.1) is 0 Å². The second kappa shape index (κ2) is 9.75. The van der Waals surface area contributed by atoms with E-state index in [1.54, 1.807) is 9.47 Å². The second-order valence-electron chi connectivity index (χ2n) is 12.7. The van der Waals surface area contributed by atoms with Gasteiger partial charge in [-0.25, -0.2) is 14.2 Å². The summed E-state index contributed by atoms with van der Waals surface area (Å²) in [5.74, 6) is 0.366. The molecule has 1 aliphatic rings. The Kier molecular flexibility index (Phi) is 7.10. The number of carbonyl (C=O) groups excluding carboxylic acids is 2. The summed E-state index contributed by atoms with van der Waals surface area (Å²) >= 11 is 0. The highest BCUT2D eigenvalue weighted by Gasteiger charge is 2.35. The fraction of sp³-hybridized carbons (Fsp3) is 0.516. The Morgan fingerprint density at radius 1 is 0.895 bits per heavy atom. The Balaban J connectivity index is 1.82. The van der Waals surface area contributed by atoms with Gasteiger partial charge in [0.15, 0.2) is 0 Å². The number of aryl methyl sites for hydroxylation is 2. The first-order chi connectivity index (χ1) is 17.5. The van der Waals surface area contributed by atoms with E-state index in [9.17, 15) is 9.59 Å². The Morgan fingerprint density at radius 3 is 1.97 bits per heavy atom. The molecular weight excluding hydrogens is 478 g/mol. The summed E-state index contributed by atoms with van der Waals surface area (Å²) in [5, 5.41) is 1.03. The van der Waals surface area contributed by atoms with Crippen molar-refractivity contribution >= 4 is 23.1 Å². The third kappa shape index (κ3) is 5.71. The molecule has 1 saturated heterocycles. The molecule has 4 rings (SSSR count). The van der Waals surface area contributed by atoms with Crippen LogP contribution >= 0.6 is 0 Å². The van der Waals surface area contributed by atoms with E-state index in [0.717, 1.165) is 44.7 Å². The van der Waals surface area contributed by atoms with Crippen molar-refractivity contribution in [2.75, 3.05) is 13.1 Å². The number of amides is 1. The van der Waals surface area contributed by atoms with Crippen molar-refractivity contribution in [2.45, 2.75) is 92.3 Å². The van der Waals surface area contributed by atoms with Gasteiger partial charge < -0.3 is 14.4 Å². The molecule has 0 N–H and O–H groups in total. The smallest absolute Gasteiger partial charge is 0.419 e. The zero-order valence-electron chi connectivity index (χ0n) is 24.4. The number of benzene rings is 1. The predicted molar refractivity (Wildman–Crippen MR) is 151 cm³/mol. The topological polar surface area (TPSA) is 73.7 Å². The predicted octanol–water partition coefficient (Wildman–Crippen LogP) is 7.56. The highest BCUT2D eigenvalue weighted by Crippen LogP contribution is 2.41. The van der Waals surface area contributed by atoms with Crippen molar-refractivity contribution < 1.29 is 19.1 Å². The molecular formula is C31H41N3O4. The Bertz CT molecular complexity index is 1360. The van der Waals surface area contributed by atoms with Crippen LogP contribution in [0.25, 0.3) is 22.2 Å². The molecule has 3 aromatic rings. The van der Waals surface area contributed by atoms with Crippen LogP contribution in [-0.4, -0.2) is 50.9 Å². The molecule has 0 saturated carbocycles. The third-order valence-electron chi connectivity index (χ3n) is 6.54. The van der Waals surface area contributed by atoms with Crippen LogP contribution < -0.4 is 0 Å². The molecule has 7 heteroatoms. The Morgan fingerprint density at radius 2 is 1.45 bits per heavy atom. The minimum absolute atomic E-state index is 0.153. The molecule has 1 amide bonds. The molecule has 1 aromatic carbocycles. The standard InChI is InChI=1S/C31H41N3O4/c1-18(2)26-24-15-21(23-16-33(17-23)28(35)37-30(5,6)7)11-12-25(24)34(29(36)38-31(8,9)10)27(26)22-13-19(3)32-20(4)14-22/h11-15,18,23H,16-17H2,1-10H3. The molecule has 0 radical (unpaired) electrons. The first-order valence-electron chi connectivity index (χ1n) is 13.4. The lowest BCUT2D eigenvalue weighted by Gasteiger charge is -2.40. The number of aromatic nitrogens is 2. The summed E-state index contributed by atoms with van der Waals surface area (Å²) in [6, 6.07) is 10.3. The number of pyridine rings is 1. The van der Waals surface area contributed by atoms with Gasteiger partial charge in [-0.1, -0.05) is 19.9 Å². The van der Waals surface area contributed by atoms with E-state index in [2.05, 4.69) is 31.0 Å². The molecule has 38 heavy (non-hydrogen) atoms. The summed E-state index contributed by atoms with van der Waals surface area (Å²) in [6.45, 7) is 20.7. The minimum Gasteiger partial charge on any atom is -0.444 e. The van der Waals surface area contributed by atoms with Crippen molar-refractivity contribution in [3.8, 4) is 11.3 Å². The normalized spacial score (nSPS) is 14.7. The first-order valence-corrected chi connectivity index (χ1v) is 13.4. The van der Waals surface area contributed by atoms with Crippen LogP contribution in [0.2, 0.25) is 0 Å². The number of likely N-dealkylation sites (tertiary alicyclic amines) is 1. The van der Waals surface area contributed by atoms with Gasteiger partial charge in [-0.3, -0.25) is 4.98 Å². The highest BCUT2D eigenvalue weighted by molar-refractivity contribution is 6.00. The second-order valence-corrected chi connectivity index (χ2v) is 12.7. The SMILES string of the molecule is Cc1cc(-c2c(C(C)C)c3cc(C4CN(C(=O)OC(C)(C)C)C4)ccc3n2C(=O)OC(C)(C)C)cc(C)n1. The number of fused-ring (bicyclic) bond motifs is 1. The lowest BCUT2D eigenvalue weighted by atomic mass is 9.89. The van der Waals surface area contributed by atoms with Crippen LogP contribution in [0, 0.1) is 13.8 Å². The number of hydrogen-bond donors (Lipinski definition) is 0. The summed E-state index contributed by atoms with van der Waals surface area (Å²) < 4.78 is 13.1. The van der Waals surface area contributed by atoms with Gasteiger partial charge in [-0.2, -0.15) is 0 Å². The van der Waals surface area contributed by atoms with Crippen molar-refractivity contribution in [3.63, 3.8) is 0 Å². The molecule has 0 spiro atoms. The van der Waals surface area contributed by atoms with Gasteiger partial charge in [0.1, 0.15) is 11.2 Å². The van der Waals surface area contributed by atoms with Crippen LogP contribution in [0.15, 0.2) is 30.3 Å². The molecule has 2 aromatic heterocycles. The van der Waals surface area contributed by atoms with Crippen LogP contribution in [0.5, 0.6) is 0 Å². The lowest BCUT2D eigenvalue weighted by Crippen LogP contribution is -2.50. The molecule has 7 nitrogen and oxygen atoms in total. The number of nitrogens with zero attached hydrogens (tertiary/aromatic N) is 3. The number of carbonyl (C=O) groups is 2. The minimum atomic E-state index is -0.635. The van der Waals surface area contributed by atoms with Crippen molar-refractivity contribution in [1.82, 2.24) is 14.5 Å². The maximum atomic E-state index is 13.7. The molecule has 0 atom stereocenters. The largest absolute Gasteiger partial charge is 0.444 e. The summed E-state index contributed by atoms with van der Waals surface area (Å²) in [4.78, 5) is 32.4. The van der Waals surface area contributed by atoms with Gasteiger partial charge in [0.05, 0.1) is 11.2 Å². The van der Waals surface area contributed by atoms with E-state index in [-0.39, 0.29) is 17.9 Å². The Labute approximate surface area is 226 Å². The molecule has 1 fully saturated rings. The molecule has 0 unspecified atom stereocenters. The van der Waals surface area contributed by atoms with Gasteiger partial charge in [0.25, 0.3) is 0 Å². The van der Waals surface area contributed by atoms with Crippen LogP contribution in [0.1, 0.15) is 89.7 Å². The lowest BCUT2D eigenvalue weighted by molar-refractivity contribution is 0.00818. The van der Waals surface area contributed by atoms with Gasteiger partial charge in [-0.05, 0) is 96.7 Å². The van der Waals surface area contributed by atoms with E-state index >= 15 is 0 Å². The third-order valence-corrected chi connectivity index (χ3v) is 6.54. The monoisotopic (exact) mass is 519 g/mol. The van der Waals surface area contributed by atoms with E-state index in [0.29, 0.717) is 13.1 Å². The molecule has 204 valence electrons. The van der Waals surface area contributed by atoms with Crippen molar-refractivity contribution in [1.29, 1.82) is 0 Å². The number of rotatable bonds is 3. The van der Waals surface area contributed by atoms with Crippen LogP contribution in [-0.2, 0) is 9.47 Å². The molecule has 1 aliphatic heterocycles. The van der Waals surface area contributed by atoms with Crippen molar-refractivity contribution in [2.24, 2.45) is 0 Å². The number of hydrogen-bond acceptors (Lipinski definition) is 5. The average Bonchev–Trinajstić information content (AvgIpc) is 3.04. The molecule has 0 bridgehead atoms. The van der Waals surface area contributed by atoms with E-state index in [1.807, 2.05) is 73.6 Å². The zero-order chi connectivity index (χ0) is 28.2. The Hall–Kier alpha value is -3.35. The van der Waals surface area contributed by atoms with Gasteiger partial charge >= 0.3 is 12.2 Å². The average molecular weight is 520 g/mol. The summed E-state index contributed by atoms with van der Waals surface area (Å²) in [7, 11) is 0. The van der Waals surface area contributed by atoms with E-state index in [1.165, 1.54) is 0 Å². The van der Waals surface area contributed by atoms with Crippen LogP contribution in [0.4, 0.5) is 9.59 Å². The van der Waals surface area contributed by atoms with Gasteiger partial charge in [0.2, 0.25) is 0 Å². The maximum Gasteiger partial charge on any atom is 0.419 e. The van der Waals surface area contributed by atoms with E-state index < -0.39 is 17.3 Å². The quantitative estimate of drug-likeness (QED) is 0.357. The number of ether oxygens (including phenoxy) is 2. The highest BCUT2D eigenvalue weighted by atomic mass is 16.6. The van der Waals surface area contributed by atoms with Crippen molar-refractivity contribution in [3.05, 3.63) is 52.8 Å². The molecule has 0 aliphatic carbocycles. The van der Waals surface area contributed by atoms with Gasteiger partial charge in [0, 0.05) is 41.3 Å². The maximum absolute atomic E-state index is 13.7. The first kappa shape index (κ1) is 27.7. The van der Waals surface area contributed by atoms with Crippen LogP contribution in [0.3, 0.4) is 0 Å². The van der Waals surface area contributed by atoms with E-state index in [4.69, 9.17) is 9.47 Å². The summed E-state index contributed by atoms with van der Waals surface area (Å²) in [6.07, 6.45) is -0.677. The zero-order valence-corrected chi connectivity index (χ0v) is 24.4. The fourth-order valence-electron chi connectivity index (χ4n) is 5.09. The fourth-order valence-corrected chi connectivity index (χ4v) is 5.09. The molecule has 3 heterocycles.